The molecule has 0 bridgehead atoms. The molecular weight excluding hydrogens is 387 g/mol. The molecule has 1 aliphatic rings. The lowest BCUT2D eigenvalue weighted by atomic mass is 9.77. The maximum Gasteiger partial charge on any atom is 0.497 e. The van der Waals surface area contributed by atoms with Crippen LogP contribution in [0.5, 0.6) is 0 Å². The highest BCUT2D eigenvalue weighted by atomic mass is 32.2. The minimum atomic E-state index is -3.69. The molecule has 3 aromatic rings. The van der Waals surface area contributed by atoms with E-state index < -0.39 is 28.3 Å². The summed E-state index contributed by atoms with van der Waals surface area (Å²) in [7, 11) is -4.36. The van der Waals surface area contributed by atoms with Crippen LogP contribution in [-0.4, -0.2) is 35.7 Å². The van der Waals surface area contributed by atoms with Gasteiger partial charge in [0, 0.05) is 22.7 Å². The largest absolute Gasteiger partial charge is 0.497 e. The Hall–Kier alpha value is -2.16. The van der Waals surface area contributed by atoms with Crippen molar-refractivity contribution in [1.29, 1.82) is 0 Å². The highest BCUT2D eigenvalue weighted by Gasteiger charge is 2.53. The molecule has 2 aromatic heterocycles. The molecule has 0 aliphatic carbocycles. The van der Waals surface area contributed by atoms with Crippen molar-refractivity contribution in [2.45, 2.75) is 51.6 Å². The number of fused-ring (bicyclic) bond motifs is 1. The molecular formula is C21H25BN2O4S. The number of nitrogens with zero attached hydrogens (tertiary/aromatic N) is 2. The van der Waals surface area contributed by atoms with Crippen LogP contribution < -0.4 is 5.46 Å². The Morgan fingerprint density at radius 1 is 1.00 bits per heavy atom. The van der Waals surface area contributed by atoms with Gasteiger partial charge in [-0.3, -0.25) is 0 Å². The van der Waals surface area contributed by atoms with E-state index in [1.807, 2.05) is 52.0 Å². The second-order valence-electron chi connectivity index (χ2n) is 8.47. The predicted octanol–water partition coefficient (Wildman–Crippen LogP) is 3.02. The van der Waals surface area contributed by atoms with Gasteiger partial charge in [-0.1, -0.05) is 30.3 Å². The van der Waals surface area contributed by atoms with Gasteiger partial charge >= 0.3 is 7.12 Å². The highest BCUT2D eigenvalue weighted by molar-refractivity contribution is 7.89. The highest BCUT2D eigenvalue weighted by Crippen LogP contribution is 2.37. The molecule has 1 saturated heterocycles. The van der Waals surface area contributed by atoms with Crippen LogP contribution >= 0.6 is 0 Å². The fourth-order valence-corrected chi connectivity index (χ4v) is 5.35. The van der Waals surface area contributed by atoms with E-state index in [-0.39, 0.29) is 5.75 Å². The van der Waals surface area contributed by atoms with Crippen molar-refractivity contribution in [2.75, 3.05) is 0 Å². The maximum atomic E-state index is 13.4. The van der Waals surface area contributed by atoms with E-state index in [9.17, 15) is 8.42 Å². The van der Waals surface area contributed by atoms with Gasteiger partial charge in [0.15, 0.2) is 5.65 Å². The number of aromatic nitrogens is 2. The zero-order valence-electron chi connectivity index (χ0n) is 17.3. The monoisotopic (exact) mass is 412 g/mol. The lowest BCUT2D eigenvalue weighted by molar-refractivity contribution is 0.00578. The van der Waals surface area contributed by atoms with E-state index in [2.05, 4.69) is 4.98 Å². The molecule has 1 fully saturated rings. The SMILES string of the molecule is Cc1c(B2OC(C)(C)C(C)(C)O2)c2cccnc2n1S(=O)(=O)Cc1ccccc1. The molecule has 152 valence electrons. The van der Waals surface area contributed by atoms with Crippen LogP contribution in [0.3, 0.4) is 0 Å². The van der Waals surface area contributed by atoms with Crippen molar-refractivity contribution in [1.82, 2.24) is 8.96 Å². The first kappa shape index (κ1) is 20.1. The lowest BCUT2D eigenvalue weighted by Crippen LogP contribution is -2.41. The molecule has 4 rings (SSSR count). The van der Waals surface area contributed by atoms with Crippen LogP contribution in [0.4, 0.5) is 0 Å². The van der Waals surface area contributed by atoms with Crippen molar-refractivity contribution in [3.05, 3.63) is 59.9 Å². The Bertz CT molecular complexity index is 1150. The second kappa shape index (κ2) is 6.69. The third kappa shape index (κ3) is 3.29. The van der Waals surface area contributed by atoms with Gasteiger partial charge in [-0.15, -0.1) is 0 Å². The smallest absolute Gasteiger partial charge is 0.399 e. The van der Waals surface area contributed by atoms with Crippen molar-refractivity contribution >= 4 is 33.6 Å². The summed E-state index contributed by atoms with van der Waals surface area (Å²) >= 11 is 0. The molecule has 6 nitrogen and oxygen atoms in total. The van der Waals surface area contributed by atoms with Gasteiger partial charge in [-0.05, 0) is 52.3 Å². The van der Waals surface area contributed by atoms with Gasteiger partial charge in [0.1, 0.15) is 0 Å². The quantitative estimate of drug-likeness (QED) is 0.617. The maximum absolute atomic E-state index is 13.4. The van der Waals surface area contributed by atoms with Gasteiger partial charge in [-0.2, -0.15) is 0 Å². The minimum absolute atomic E-state index is 0.113. The predicted molar refractivity (Wildman–Crippen MR) is 115 cm³/mol. The van der Waals surface area contributed by atoms with E-state index in [1.54, 1.807) is 31.3 Å². The zero-order chi connectivity index (χ0) is 21.0. The molecule has 0 N–H and O–H groups in total. The lowest BCUT2D eigenvalue weighted by Gasteiger charge is -2.32. The van der Waals surface area contributed by atoms with Crippen molar-refractivity contribution in [3.8, 4) is 0 Å². The van der Waals surface area contributed by atoms with Gasteiger partial charge in [0.2, 0.25) is 10.0 Å². The molecule has 0 saturated carbocycles. The van der Waals surface area contributed by atoms with Crippen LogP contribution in [0.25, 0.3) is 11.0 Å². The molecule has 0 spiro atoms. The summed E-state index contributed by atoms with van der Waals surface area (Å²) in [5.74, 6) is -0.113. The van der Waals surface area contributed by atoms with Crippen LogP contribution in [0.15, 0.2) is 48.7 Å². The molecule has 29 heavy (non-hydrogen) atoms. The van der Waals surface area contributed by atoms with Crippen LogP contribution in [0.1, 0.15) is 39.0 Å². The topological polar surface area (TPSA) is 70.4 Å². The first-order valence-corrected chi connectivity index (χ1v) is 11.2. The summed E-state index contributed by atoms with van der Waals surface area (Å²) in [6, 6.07) is 12.8. The summed E-state index contributed by atoms with van der Waals surface area (Å²) in [4.78, 5) is 4.39. The summed E-state index contributed by atoms with van der Waals surface area (Å²) in [5.41, 5.74) is 1.34. The van der Waals surface area contributed by atoms with Crippen LogP contribution in [0, 0.1) is 6.92 Å². The van der Waals surface area contributed by atoms with Crippen molar-refractivity contribution in [3.63, 3.8) is 0 Å². The number of pyridine rings is 1. The van der Waals surface area contributed by atoms with Gasteiger partial charge in [0.05, 0.1) is 17.0 Å². The molecule has 0 amide bonds. The Labute approximate surface area is 172 Å². The molecule has 1 aromatic carbocycles. The third-order valence-electron chi connectivity index (χ3n) is 5.92. The van der Waals surface area contributed by atoms with Crippen LogP contribution in [0.2, 0.25) is 0 Å². The van der Waals surface area contributed by atoms with Gasteiger partial charge < -0.3 is 9.31 Å². The van der Waals surface area contributed by atoms with Crippen molar-refractivity contribution < 1.29 is 17.7 Å². The average molecular weight is 412 g/mol. The molecule has 3 heterocycles. The number of hydrogen-bond donors (Lipinski definition) is 0. The zero-order valence-corrected chi connectivity index (χ0v) is 18.2. The second-order valence-corrected chi connectivity index (χ2v) is 10.3. The van der Waals surface area contributed by atoms with Crippen molar-refractivity contribution in [2.24, 2.45) is 0 Å². The first-order chi connectivity index (χ1) is 13.5. The Kier molecular flexibility index (Phi) is 4.64. The summed E-state index contributed by atoms with van der Waals surface area (Å²) in [6.07, 6.45) is 1.60. The average Bonchev–Trinajstić information content (AvgIpc) is 3.04. The van der Waals surface area contributed by atoms with Crippen LogP contribution in [-0.2, 0) is 25.1 Å². The normalized spacial score (nSPS) is 18.4. The number of rotatable bonds is 4. The first-order valence-electron chi connectivity index (χ1n) is 9.62. The summed E-state index contributed by atoms with van der Waals surface area (Å²) in [5, 5.41) is 0.722. The van der Waals surface area contributed by atoms with Gasteiger partial charge in [0.25, 0.3) is 0 Å². The fraction of sp³-hybridized carbons (Fsp3) is 0.381. The molecule has 1 aliphatic heterocycles. The van der Waals surface area contributed by atoms with Gasteiger partial charge in [-0.25, -0.2) is 17.4 Å². The third-order valence-corrected chi connectivity index (χ3v) is 7.62. The Morgan fingerprint density at radius 3 is 2.24 bits per heavy atom. The van der Waals surface area contributed by atoms with E-state index >= 15 is 0 Å². The van der Waals surface area contributed by atoms with E-state index in [0.717, 1.165) is 10.9 Å². The minimum Gasteiger partial charge on any atom is -0.399 e. The number of benzene rings is 1. The fourth-order valence-electron chi connectivity index (χ4n) is 3.68. The van der Waals surface area contributed by atoms with E-state index in [4.69, 9.17) is 9.31 Å². The standard InChI is InChI=1S/C21H25BN2O4S/c1-15-18(22-27-20(2,3)21(4,5)28-22)17-12-9-13-23-19(17)24(15)29(25,26)14-16-10-7-6-8-11-16/h6-13H,14H2,1-5H3. The van der Waals surface area contributed by atoms with E-state index in [0.29, 0.717) is 16.8 Å². The molecule has 0 radical (unpaired) electrons. The molecule has 0 unspecified atom stereocenters. The van der Waals surface area contributed by atoms with E-state index in [1.165, 1.54) is 3.97 Å². The number of hydrogen-bond acceptors (Lipinski definition) is 5. The Balaban J connectivity index is 1.87. The summed E-state index contributed by atoms with van der Waals surface area (Å²) in [6.45, 7) is 9.69. The Morgan fingerprint density at radius 2 is 1.62 bits per heavy atom. The molecule has 0 atom stereocenters. The summed E-state index contributed by atoms with van der Waals surface area (Å²) < 4.78 is 40.5. The molecule has 8 heteroatoms.